The van der Waals surface area contributed by atoms with E-state index < -0.39 is 5.91 Å². The van der Waals surface area contributed by atoms with Gasteiger partial charge in [0.05, 0.1) is 11.3 Å². The largest absolute Gasteiger partial charge is 0.366 e. The third-order valence-electron chi connectivity index (χ3n) is 2.41. The number of tetrazole rings is 1. The maximum absolute atomic E-state index is 11.3. The van der Waals surface area contributed by atoms with Gasteiger partial charge in [-0.2, -0.15) is 4.68 Å². The van der Waals surface area contributed by atoms with Crippen molar-refractivity contribution in [2.75, 3.05) is 0 Å². The molecule has 0 spiro atoms. The molecule has 6 nitrogen and oxygen atoms in total. The number of benzene rings is 1. The number of nitrogens with two attached hydrogens (primary N) is 1. The van der Waals surface area contributed by atoms with E-state index in [-0.39, 0.29) is 0 Å². The zero-order chi connectivity index (χ0) is 12.3. The number of aromatic nitrogens is 4. The van der Waals surface area contributed by atoms with E-state index in [4.69, 9.17) is 5.73 Å². The first-order chi connectivity index (χ1) is 8.24. The van der Waals surface area contributed by atoms with Crippen LogP contribution in [0.5, 0.6) is 0 Å². The molecule has 2 aromatic rings. The number of para-hydroxylation sites is 1. The van der Waals surface area contributed by atoms with E-state index in [2.05, 4.69) is 15.5 Å². The number of aryl methyl sites for hydroxylation is 1. The number of rotatable bonds is 4. The van der Waals surface area contributed by atoms with Crippen molar-refractivity contribution in [2.45, 2.75) is 19.8 Å². The monoisotopic (exact) mass is 231 g/mol. The maximum Gasteiger partial charge on any atom is 0.250 e. The molecule has 17 heavy (non-hydrogen) atoms. The fourth-order valence-corrected chi connectivity index (χ4v) is 1.64. The van der Waals surface area contributed by atoms with Crippen LogP contribution in [0.4, 0.5) is 0 Å². The van der Waals surface area contributed by atoms with Crippen molar-refractivity contribution in [3.05, 3.63) is 35.7 Å². The highest BCUT2D eigenvalue weighted by Gasteiger charge is 2.13. The van der Waals surface area contributed by atoms with Gasteiger partial charge in [-0.1, -0.05) is 19.1 Å². The topological polar surface area (TPSA) is 86.7 Å². The van der Waals surface area contributed by atoms with Crippen LogP contribution in [-0.4, -0.2) is 26.1 Å². The summed E-state index contributed by atoms with van der Waals surface area (Å²) in [5, 5.41) is 11.5. The number of carbonyl (C=O) groups excluding carboxylic acids is 1. The summed E-state index contributed by atoms with van der Waals surface area (Å²) < 4.78 is 1.56. The van der Waals surface area contributed by atoms with E-state index in [1.807, 2.05) is 13.0 Å². The molecule has 1 heterocycles. The van der Waals surface area contributed by atoms with Gasteiger partial charge in [0.2, 0.25) is 0 Å². The van der Waals surface area contributed by atoms with Gasteiger partial charge >= 0.3 is 0 Å². The number of amides is 1. The van der Waals surface area contributed by atoms with E-state index in [1.165, 1.54) is 0 Å². The van der Waals surface area contributed by atoms with Crippen molar-refractivity contribution in [2.24, 2.45) is 5.73 Å². The summed E-state index contributed by atoms with van der Waals surface area (Å²) in [6.07, 6.45) is 1.68. The smallest absolute Gasteiger partial charge is 0.250 e. The van der Waals surface area contributed by atoms with Crippen LogP contribution in [0.2, 0.25) is 0 Å². The molecule has 0 unspecified atom stereocenters. The summed E-state index contributed by atoms with van der Waals surface area (Å²) in [7, 11) is 0. The fourth-order valence-electron chi connectivity index (χ4n) is 1.64. The molecule has 1 aromatic heterocycles. The molecule has 0 aliphatic heterocycles. The third-order valence-corrected chi connectivity index (χ3v) is 2.41. The summed E-state index contributed by atoms with van der Waals surface area (Å²) in [5.74, 6) is 0.236. The molecular formula is C11H13N5O. The van der Waals surface area contributed by atoms with Crippen LogP contribution in [-0.2, 0) is 6.42 Å². The van der Waals surface area contributed by atoms with Gasteiger partial charge in [0.15, 0.2) is 5.82 Å². The van der Waals surface area contributed by atoms with Crippen LogP contribution >= 0.6 is 0 Å². The Morgan fingerprint density at radius 1 is 1.41 bits per heavy atom. The predicted octanol–water partition coefficient (Wildman–Crippen LogP) is 0.714. The molecule has 0 radical (unpaired) electrons. The molecule has 2 rings (SSSR count). The molecule has 6 heteroatoms. The Hall–Kier alpha value is -2.24. The van der Waals surface area contributed by atoms with Gasteiger partial charge in [-0.25, -0.2) is 0 Å². The quantitative estimate of drug-likeness (QED) is 0.839. The number of primary amides is 1. The molecule has 88 valence electrons. The van der Waals surface area contributed by atoms with Crippen LogP contribution in [0.1, 0.15) is 29.5 Å². The normalized spacial score (nSPS) is 10.4. The summed E-state index contributed by atoms with van der Waals surface area (Å²) in [6.45, 7) is 2.04. The highest BCUT2D eigenvalue weighted by atomic mass is 16.1. The van der Waals surface area contributed by atoms with Crippen molar-refractivity contribution in [3.63, 3.8) is 0 Å². The standard InChI is InChI=1S/C11H13N5O/c1-2-5-10-13-14-15-16(10)9-7-4-3-6-8(9)11(12)17/h3-4,6-7H,2,5H2,1H3,(H2,12,17). The van der Waals surface area contributed by atoms with E-state index in [1.54, 1.807) is 22.9 Å². The highest BCUT2D eigenvalue weighted by Crippen LogP contribution is 2.14. The number of hydrogen-bond donors (Lipinski definition) is 1. The van der Waals surface area contributed by atoms with Gasteiger partial charge in [0.25, 0.3) is 5.91 Å². The Balaban J connectivity index is 2.52. The molecule has 0 aliphatic rings. The van der Waals surface area contributed by atoms with Crippen molar-refractivity contribution in [3.8, 4) is 5.69 Å². The number of nitrogens with zero attached hydrogens (tertiary/aromatic N) is 4. The van der Waals surface area contributed by atoms with Gasteiger partial charge in [-0.3, -0.25) is 4.79 Å². The van der Waals surface area contributed by atoms with Crippen LogP contribution in [0.3, 0.4) is 0 Å². The first-order valence-corrected chi connectivity index (χ1v) is 5.40. The van der Waals surface area contributed by atoms with Crippen LogP contribution < -0.4 is 5.73 Å². The predicted molar refractivity (Wildman–Crippen MR) is 61.7 cm³/mol. The van der Waals surface area contributed by atoms with Gasteiger partial charge in [0, 0.05) is 6.42 Å². The van der Waals surface area contributed by atoms with E-state index in [0.29, 0.717) is 11.3 Å². The van der Waals surface area contributed by atoms with Crippen LogP contribution in [0, 0.1) is 0 Å². The summed E-state index contributed by atoms with van der Waals surface area (Å²) >= 11 is 0. The van der Waals surface area contributed by atoms with Crippen LogP contribution in [0.25, 0.3) is 5.69 Å². The summed E-state index contributed by atoms with van der Waals surface area (Å²) in [5.41, 5.74) is 6.36. The zero-order valence-corrected chi connectivity index (χ0v) is 9.50. The average Bonchev–Trinajstić information content (AvgIpc) is 2.77. The van der Waals surface area contributed by atoms with Crippen LogP contribution in [0.15, 0.2) is 24.3 Å². The first kappa shape index (κ1) is 11.3. The highest BCUT2D eigenvalue weighted by molar-refractivity contribution is 5.96. The minimum atomic E-state index is -0.487. The Labute approximate surface area is 98.4 Å². The molecule has 0 saturated heterocycles. The van der Waals surface area contributed by atoms with E-state index >= 15 is 0 Å². The van der Waals surface area contributed by atoms with Crippen molar-refractivity contribution in [1.29, 1.82) is 0 Å². The first-order valence-electron chi connectivity index (χ1n) is 5.40. The van der Waals surface area contributed by atoms with Crippen molar-refractivity contribution >= 4 is 5.91 Å². The molecule has 1 amide bonds. The second kappa shape index (κ2) is 4.73. The number of carbonyl (C=O) groups is 1. The minimum absolute atomic E-state index is 0.414. The fraction of sp³-hybridized carbons (Fsp3) is 0.273. The zero-order valence-electron chi connectivity index (χ0n) is 9.50. The Morgan fingerprint density at radius 2 is 2.18 bits per heavy atom. The third kappa shape index (κ3) is 2.15. The molecular weight excluding hydrogens is 218 g/mol. The lowest BCUT2D eigenvalue weighted by atomic mass is 10.1. The minimum Gasteiger partial charge on any atom is -0.366 e. The second-order valence-corrected chi connectivity index (χ2v) is 3.64. The van der Waals surface area contributed by atoms with Gasteiger partial charge < -0.3 is 5.73 Å². The molecule has 0 bridgehead atoms. The van der Waals surface area contributed by atoms with E-state index in [9.17, 15) is 4.79 Å². The van der Waals surface area contributed by atoms with Crippen molar-refractivity contribution in [1.82, 2.24) is 20.2 Å². The molecule has 0 aliphatic carbocycles. The van der Waals surface area contributed by atoms with E-state index in [0.717, 1.165) is 18.7 Å². The molecule has 0 atom stereocenters. The SMILES string of the molecule is CCCc1nnnn1-c1ccccc1C(N)=O. The summed E-state index contributed by atoms with van der Waals surface area (Å²) in [6, 6.07) is 7.01. The Bertz CT molecular complexity index is 534. The van der Waals surface area contributed by atoms with Gasteiger partial charge in [0.1, 0.15) is 0 Å². The molecule has 1 aromatic carbocycles. The lowest BCUT2D eigenvalue weighted by Gasteiger charge is -2.07. The Morgan fingerprint density at radius 3 is 2.88 bits per heavy atom. The lowest BCUT2D eigenvalue weighted by molar-refractivity contribution is 0.1000. The van der Waals surface area contributed by atoms with Gasteiger partial charge in [-0.15, -0.1) is 5.10 Å². The van der Waals surface area contributed by atoms with Crippen molar-refractivity contribution < 1.29 is 4.79 Å². The number of hydrogen-bond acceptors (Lipinski definition) is 4. The lowest BCUT2D eigenvalue weighted by Crippen LogP contribution is -2.16. The Kier molecular flexibility index (Phi) is 3.13. The van der Waals surface area contributed by atoms with Gasteiger partial charge in [-0.05, 0) is 29.0 Å². The average molecular weight is 231 g/mol. The maximum atomic E-state index is 11.3. The molecule has 0 fully saturated rings. The molecule has 2 N–H and O–H groups in total. The second-order valence-electron chi connectivity index (χ2n) is 3.64. The molecule has 0 saturated carbocycles. The summed E-state index contributed by atoms with van der Waals surface area (Å²) in [4.78, 5) is 11.3.